The van der Waals surface area contributed by atoms with Crippen molar-refractivity contribution in [2.45, 2.75) is 11.4 Å². The number of thiazole rings is 1. The van der Waals surface area contributed by atoms with E-state index >= 15 is 0 Å². The molecule has 118 valence electrons. The Balaban J connectivity index is 1.82. The normalized spacial score (nSPS) is 10.9. The van der Waals surface area contributed by atoms with Crippen molar-refractivity contribution in [1.82, 2.24) is 9.88 Å². The summed E-state index contributed by atoms with van der Waals surface area (Å²) in [6, 6.07) is 13.5. The first kappa shape index (κ1) is 16.3. The van der Waals surface area contributed by atoms with Gasteiger partial charge in [0.15, 0.2) is 0 Å². The van der Waals surface area contributed by atoms with Gasteiger partial charge in [0, 0.05) is 11.9 Å². The van der Waals surface area contributed by atoms with E-state index in [1.54, 1.807) is 41.1 Å². The lowest BCUT2D eigenvalue weighted by Crippen LogP contribution is -2.26. The first-order valence-corrected chi connectivity index (χ1v) is 9.44. The maximum absolute atomic E-state index is 12.7. The molecule has 0 saturated heterocycles. The van der Waals surface area contributed by atoms with Gasteiger partial charge in [-0.15, -0.1) is 23.1 Å². The van der Waals surface area contributed by atoms with Gasteiger partial charge < -0.3 is 4.90 Å². The van der Waals surface area contributed by atoms with Crippen molar-refractivity contribution in [2.24, 2.45) is 0 Å². The number of hydrogen-bond donors (Lipinski definition) is 0. The van der Waals surface area contributed by atoms with Crippen LogP contribution in [-0.2, 0) is 6.54 Å². The summed E-state index contributed by atoms with van der Waals surface area (Å²) in [6.45, 7) is 0.470. The molecule has 0 aliphatic rings. The average Bonchev–Trinajstić information content (AvgIpc) is 2.96. The number of halogens is 1. The highest BCUT2D eigenvalue weighted by molar-refractivity contribution is 7.98. The maximum Gasteiger partial charge on any atom is 0.255 e. The predicted octanol–water partition coefficient (Wildman–Crippen LogP) is 4.94. The molecular weight excluding hydrogens is 348 g/mol. The largest absolute Gasteiger partial charge is 0.335 e. The summed E-state index contributed by atoms with van der Waals surface area (Å²) in [7, 11) is 1.77. The highest BCUT2D eigenvalue weighted by atomic mass is 35.5. The van der Waals surface area contributed by atoms with Crippen molar-refractivity contribution in [1.29, 1.82) is 0 Å². The summed E-state index contributed by atoms with van der Waals surface area (Å²) in [5.41, 5.74) is 1.50. The Morgan fingerprint density at radius 3 is 2.83 bits per heavy atom. The average molecular weight is 363 g/mol. The molecule has 23 heavy (non-hydrogen) atoms. The van der Waals surface area contributed by atoms with E-state index in [0.717, 1.165) is 20.1 Å². The number of benzene rings is 2. The zero-order valence-corrected chi connectivity index (χ0v) is 15.1. The molecule has 2 aromatic carbocycles. The van der Waals surface area contributed by atoms with Crippen molar-refractivity contribution < 1.29 is 4.79 Å². The van der Waals surface area contributed by atoms with Gasteiger partial charge in [0.25, 0.3) is 5.91 Å². The van der Waals surface area contributed by atoms with Crippen LogP contribution in [0, 0.1) is 0 Å². The molecule has 3 aromatic rings. The van der Waals surface area contributed by atoms with Crippen LogP contribution < -0.4 is 0 Å². The minimum atomic E-state index is -0.0924. The molecule has 0 radical (unpaired) electrons. The molecule has 1 amide bonds. The third-order valence-corrected chi connectivity index (χ3v) is 5.54. The summed E-state index contributed by atoms with van der Waals surface area (Å²) in [5, 5.41) is 1.39. The van der Waals surface area contributed by atoms with Gasteiger partial charge in [0.2, 0.25) is 0 Å². The van der Waals surface area contributed by atoms with Gasteiger partial charge >= 0.3 is 0 Å². The number of rotatable bonds is 4. The molecule has 0 fully saturated rings. The smallest absolute Gasteiger partial charge is 0.255 e. The molecule has 0 bridgehead atoms. The molecule has 0 aliphatic heterocycles. The third kappa shape index (κ3) is 3.52. The molecule has 0 N–H and O–H groups in total. The van der Waals surface area contributed by atoms with Gasteiger partial charge in [-0.1, -0.05) is 23.7 Å². The second-order valence-corrected chi connectivity index (χ2v) is 7.48. The van der Waals surface area contributed by atoms with Gasteiger partial charge in [-0.25, -0.2) is 4.98 Å². The predicted molar refractivity (Wildman–Crippen MR) is 98.7 cm³/mol. The molecule has 6 heteroatoms. The SMILES string of the molecule is CSc1ccc(Cl)c(C(=O)N(C)Cc2nc3ccccc3s2)c1. The topological polar surface area (TPSA) is 33.2 Å². The Bertz CT molecular complexity index is 830. The van der Waals surface area contributed by atoms with E-state index in [-0.39, 0.29) is 5.91 Å². The van der Waals surface area contributed by atoms with E-state index in [0.29, 0.717) is 17.1 Å². The Morgan fingerprint density at radius 1 is 1.30 bits per heavy atom. The maximum atomic E-state index is 12.7. The monoisotopic (exact) mass is 362 g/mol. The quantitative estimate of drug-likeness (QED) is 0.616. The number of fused-ring (bicyclic) bond motifs is 1. The minimum absolute atomic E-state index is 0.0924. The Morgan fingerprint density at radius 2 is 2.09 bits per heavy atom. The number of para-hydroxylation sites is 1. The summed E-state index contributed by atoms with van der Waals surface area (Å²) < 4.78 is 1.13. The van der Waals surface area contributed by atoms with E-state index in [1.807, 2.05) is 42.7 Å². The zero-order valence-electron chi connectivity index (χ0n) is 12.7. The number of nitrogens with zero attached hydrogens (tertiary/aromatic N) is 2. The van der Waals surface area contributed by atoms with E-state index in [4.69, 9.17) is 11.6 Å². The summed E-state index contributed by atoms with van der Waals surface area (Å²) >= 11 is 9.39. The van der Waals surface area contributed by atoms with E-state index in [1.165, 1.54) is 0 Å². The molecule has 1 heterocycles. The number of amides is 1. The lowest BCUT2D eigenvalue weighted by molar-refractivity contribution is 0.0785. The molecule has 3 nitrogen and oxygen atoms in total. The van der Waals surface area contributed by atoms with Crippen LogP contribution in [0.4, 0.5) is 0 Å². The Labute approximate surface area is 148 Å². The van der Waals surface area contributed by atoms with Gasteiger partial charge in [0.1, 0.15) is 5.01 Å². The Hall–Kier alpha value is -1.56. The molecule has 0 saturated carbocycles. The molecule has 0 aliphatic carbocycles. The number of aromatic nitrogens is 1. The van der Waals surface area contributed by atoms with Crippen LogP contribution in [0.3, 0.4) is 0 Å². The second kappa shape index (κ2) is 6.91. The molecule has 1 aromatic heterocycles. The van der Waals surface area contributed by atoms with Gasteiger partial charge in [-0.2, -0.15) is 0 Å². The van der Waals surface area contributed by atoms with Crippen LogP contribution in [0.25, 0.3) is 10.2 Å². The van der Waals surface area contributed by atoms with Crippen molar-refractivity contribution in [3.8, 4) is 0 Å². The van der Waals surface area contributed by atoms with Crippen LogP contribution in [0.15, 0.2) is 47.4 Å². The number of carbonyl (C=O) groups is 1. The standard InChI is InChI=1S/C17H15ClN2OS2/c1-20(10-16-19-14-5-3-4-6-15(14)23-16)17(21)12-9-11(22-2)7-8-13(12)18/h3-9H,10H2,1-2H3. The van der Waals surface area contributed by atoms with Crippen molar-refractivity contribution in [2.75, 3.05) is 13.3 Å². The van der Waals surface area contributed by atoms with E-state index in [9.17, 15) is 4.79 Å². The van der Waals surface area contributed by atoms with Gasteiger partial charge in [-0.3, -0.25) is 4.79 Å². The van der Waals surface area contributed by atoms with Crippen LogP contribution in [-0.4, -0.2) is 29.1 Å². The van der Waals surface area contributed by atoms with Crippen LogP contribution in [0.1, 0.15) is 15.4 Å². The third-order valence-electron chi connectivity index (χ3n) is 3.46. The van der Waals surface area contributed by atoms with Crippen LogP contribution in [0.5, 0.6) is 0 Å². The van der Waals surface area contributed by atoms with E-state index < -0.39 is 0 Å². The fourth-order valence-electron chi connectivity index (χ4n) is 2.26. The van der Waals surface area contributed by atoms with Crippen molar-refractivity contribution in [3.05, 3.63) is 58.1 Å². The first-order chi connectivity index (χ1) is 11.1. The Kier molecular flexibility index (Phi) is 4.90. The lowest BCUT2D eigenvalue weighted by atomic mass is 10.2. The fraction of sp³-hybridized carbons (Fsp3) is 0.176. The molecule has 3 rings (SSSR count). The minimum Gasteiger partial charge on any atom is -0.335 e. The summed E-state index contributed by atoms with van der Waals surface area (Å²) in [5.74, 6) is -0.0924. The van der Waals surface area contributed by atoms with Crippen LogP contribution >= 0.6 is 34.7 Å². The molecule has 0 unspecified atom stereocenters. The lowest BCUT2D eigenvalue weighted by Gasteiger charge is -2.17. The van der Waals surface area contributed by atoms with E-state index in [2.05, 4.69) is 4.98 Å². The summed E-state index contributed by atoms with van der Waals surface area (Å²) in [4.78, 5) is 19.9. The second-order valence-electron chi connectivity index (χ2n) is 5.08. The summed E-state index contributed by atoms with van der Waals surface area (Å²) in [6.07, 6.45) is 1.97. The highest BCUT2D eigenvalue weighted by Gasteiger charge is 2.17. The van der Waals surface area contributed by atoms with Gasteiger partial charge in [0.05, 0.1) is 27.3 Å². The zero-order chi connectivity index (χ0) is 16.4. The van der Waals surface area contributed by atoms with Crippen molar-refractivity contribution >= 4 is 50.8 Å². The van der Waals surface area contributed by atoms with Crippen LogP contribution in [0.2, 0.25) is 5.02 Å². The highest BCUT2D eigenvalue weighted by Crippen LogP contribution is 2.26. The van der Waals surface area contributed by atoms with Gasteiger partial charge in [-0.05, 0) is 36.6 Å². The number of thioether (sulfide) groups is 1. The molecule has 0 spiro atoms. The fourth-order valence-corrected chi connectivity index (χ4v) is 3.92. The van der Waals surface area contributed by atoms with Crippen molar-refractivity contribution in [3.63, 3.8) is 0 Å². The number of carbonyl (C=O) groups excluding carboxylic acids is 1. The molecular formula is C17H15ClN2OS2. The molecule has 0 atom stereocenters. The first-order valence-electron chi connectivity index (χ1n) is 7.02. The number of hydrogen-bond acceptors (Lipinski definition) is 4.